The first-order chi connectivity index (χ1) is 16.4. The summed E-state index contributed by atoms with van der Waals surface area (Å²) in [6.45, 7) is 17.1. The number of esters is 3. The van der Waals surface area contributed by atoms with Crippen LogP contribution in [0.5, 0.6) is 0 Å². The van der Waals surface area contributed by atoms with Crippen LogP contribution in [0, 0.1) is 16.2 Å². The molecule has 0 aromatic rings. The molecule has 12 nitrogen and oxygen atoms in total. The minimum atomic E-state index is -3.46. The molecule has 230 valence electrons. The van der Waals surface area contributed by atoms with Crippen LogP contribution < -0.4 is 53.5 Å². The van der Waals surface area contributed by atoms with Crippen molar-refractivity contribution in [2.45, 2.75) is 62.3 Å². The Kier molecular flexibility index (Phi) is 28.2. The number of alkyl halides is 1. The molecule has 0 radical (unpaired) electrons. The molecule has 0 saturated heterocycles. The van der Waals surface area contributed by atoms with Crippen molar-refractivity contribution in [1.29, 1.82) is 0 Å². The minimum Gasteiger partial charge on any atom is -1.00 e. The van der Waals surface area contributed by atoms with E-state index >= 15 is 0 Å². The first-order valence-corrected chi connectivity index (χ1v) is 15.5. The van der Waals surface area contributed by atoms with Crippen molar-refractivity contribution in [3.63, 3.8) is 0 Å². The largest absolute Gasteiger partial charge is 1.00 e. The summed E-state index contributed by atoms with van der Waals surface area (Å²) in [7, 11) is -3.42. The molecule has 0 aromatic heterocycles. The molecule has 0 spiro atoms. The van der Waals surface area contributed by atoms with Gasteiger partial charge in [-0.2, -0.15) is 0 Å². The molecule has 0 rings (SSSR count). The Bertz CT molecular complexity index is 764. The van der Waals surface area contributed by atoms with Gasteiger partial charge in [0.05, 0.1) is 16.2 Å². The van der Waals surface area contributed by atoms with Crippen molar-refractivity contribution in [1.82, 2.24) is 0 Å². The maximum absolute atomic E-state index is 11.8. The van der Waals surface area contributed by atoms with Crippen LogP contribution in [0.15, 0.2) is 0 Å². The monoisotopic (exact) mass is 748 g/mol. The molecule has 0 aromatic carbocycles. The third kappa shape index (κ3) is 30.0. The molecule has 0 aliphatic carbocycles. The molecule has 0 saturated carbocycles. The molecule has 0 aliphatic rings. The molecule has 0 unspecified atom stereocenters. The summed E-state index contributed by atoms with van der Waals surface area (Å²) in [5.74, 6) is -1.24. The topological polar surface area (TPSA) is 150 Å². The summed E-state index contributed by atoms with van der Waals surface area (Å²) in [4.78, 5) is 33.7. The van der Waals surface area contributed by atoms with Crippen molar-refractivity contribution in [2.75, 3.05) is 47.2 Å². The number of ether oxygens (including phenoxy) is 3. The van der Waals surface area contributed by atoms with Gasteiger partial charge in [-0.3, -0.25) is 32.6 Å². The molecule has 0 N–H and O–H groups in total. The van der Waals surface area contributed by atoms with E-state index in [0.717, 1.165) is 0 Å². The first kappa shape index (κ1) is 49.4. The third-order valence-electron chi connectivity index (χ3n) is 3.64. The quantitative estimate of drug-likeness (QED) is 0.0586. The predicted molar refractivity (Wildman–Crippen MR) is 140 cm³/mol. The normalized spacial score (nSPS) is 11.6. The molecule has 0 bridgehead atoms. The van der Waals surface area contributed by atoms with Gasteiger partial charge in [-0.1, -0.05) is 11.6 Å². The van der Waals surface area contributed by atoms with Crippen LogP contribution in [-0.4, -0.2) is 65.1 Å². The Labute approximate surface area is 277 Å². The van der Waals surface area contributed by atoms with Crippen molar-refractivity contribution in [3.05, 3.63) is 0 Å². The fourth-order valence-corrected chi connectivity index (χ4v) is 1.97. The smallest absolute Gasteiger partial charge is 1.00 e. The van der Waals surface area contributed by atoms with Crippen LogP contribution in [0.2, 0.25) is 0 Å². The zero-order valence-electron chi connectivity index (χ0n) is 25.7. The predicted octanol–water partition coefficient (Wildman–Crippen LogP) is -0.182. The number of rotatable bonds is 9. The Balaban J connectivity index is -0.000000177. The van der Waals surface area contributed by atoms with E-state index in [9.17, 15) is 23.5 Å². The Hall–Kier alpha value is 0.730. The number of carbonyl (C=O) groups excluding carboxylic acids is 3. The van der Waals surface area contributed by atoms with Crippen LogP contribution in [0.25, 0.3) is 0 Å². The van der Waals surface area contributed by atoms with Crippen molar-refractivity contribution < 1.29 is 109 Å². The summed E-state index contributed by atoms with van der Waals surface area (Å²) in [5.41, 5.74) is -1.79. The average molecular weight is 749 g/mol. The molecular weight excluding hydrogens is 704 g/mol. The van der Waals surface area contributed by atoms with E-state index in [1.54, 1.807) is 62.3 Å². The van der Waals surface area contributed by atoms with E-state index in [4.69, 9.17) is 30.1 Å². The van der Waals surface area contributed by atoms with Gasteiger partial charge in [0.2, 0.25) is 13.6 Å². The number of carbonyl (C=O) groups is 3. The zero-order chi connectivity index (χ0) is 30.3. The van der Waals surface area contributed by atoms with Crippen LogP contribution in [-0.2, 0) is 55.8 Å². The molecule has 39 heavy (non-hydrogen) atoms. The summed E-state index contributed by atoms with van der Waals surface area (Å²) < 4.78 is 55.1. The van der Waals surface area contributed by atoms with Gasteiger partial charge < -0.3 is 47.2 Å². The van der Waals surface area contributed by atoms with Gasteiger partial charge in [0.25, 0.3) is 0 Å². The van der Waals surface area contributed by atoms with Gasteiger partial charge in [0.1, 0.15) is 0 Å². The van der Waals surface area contributed by atoms with Gasteiger partial charge in [-0.25, -0.2) is 0 Å². The molecule has 0 atom stereocenters. The average Bonchev–Trinajstić information content (AvgIpc) is 2.72. The summed E-state index contributed by atoms with van der Waals surface area (Å²) in [5, 5.41) is 0. The van der Waals surface area contributed by atoms with E-state index in [2.05, 4.69) is 13.8 Å². The van der Waals surface area contributed by atoms with Crippen LogP contribution >= 0.6 is 26.8 Å². The Morgan fingerprint density at radius 2 is 0.872 bits per heavy atom. The van der Waals surface area contributed by atoms with Gasteiger partial charge in [-0.05, 0) is 62.3 Å². The van der Waals surface area contributed by atoms with E-state index in [-0.39, 0.29) is 65.6 Å². The molecule has 0 amide bonds. The van der Waals surface area contributed by atoms with Gasteiger partial charge >= 0.3 is 62.7 Å². The molecule has 0 aliphatic heterocycles. The van der Waals surface area contributed by atoms with Crippen molar-refractivity contribution in [3.8, 4) is 0 Å². The summed E-state index contributed by atoms with van der Waals surface area (Å²) in [6, 6.07) is -0.0594. The fraction of sp³-hybridized carbons (Fsp3) is 0.864. The van der Waals surface area contributed by atoms with Crippen molar-refractivity contribution >= 4 is 44.7 Å². The van der Waals surface area contributed by atoms with E-state index < -0.39 is 57.0 Å². The Morgan fingerprint density at radius 1 is 0.615 bits per heavy atom. The van der Waals surface area contributed by atoms with Crippen molar-refractivity contribution in [2.24, 2.45) is 16.2 Å². The maximum atomic E-state index is 11.8. The number of hydrogen-bond acceptors (Lipinski definition) is 12. The second-order valence-electron chi connectivity index (χ2n) is 10.6. The maximum Gasteiger partial charge on any atom is 1.00 e. The summed E-state index contributed by atoms with van der Waals surface area (Å²) >= 11 is 5.16. The first-order valence-electron chi connectivity index (χ1n) is 11.0. The molecule has 0 fully saturated rings. The van der Waals surface area contributed by atoms with Gasteiger partial charge in [0, 0.05) is 27.5 Å². The van der Waals surface area contributed by atoms with Crippen LogP contribution in [0.3, 0.4) is 0 Å². The third-order valence-corrected chi connectivity index (χ3v) is 6.23. The fourth-order valence-electron chi connectivity index (χ4n) is 1.16. The molecule has 17 heteroatoms. The van der Waals surface area contributed by atoms with E-state index in [0.29, 0.717) is 0 Å². The van der Waals surface area contributed by atoms with E-state index in [1.807, 2.05) is 0 Å². The molecular formula is C22H45ClINaO12P2. The van der Waals surface area contributed by atoms with Crippen LogP contribution in [0.4, 0.5) is 0 Å². The standard InChI is InChI=1S/C13H25O7P.C6H11ClO2.C3H9O3P.HI.Na/c1-12(2,3)10(14)17-8-19-21(7,16)20-9-18-11(15)13(4,5)6;1-6(2,3)5(8)9-4-7;1-5-7(3,4)6-2;;/h8-9H2,1-7H3;4H2,1-3H3;1-3H3;1H;/q;;;;+1/p-1. The number of halogens is 2. The minimum absolute atomic E-state index is 0. The summed E-state index contributed by atoms with van der Waals surface area (Å²) in [6.07, 6.45) is 0. The zero-order valence-corrected chi connectivity index (χ0v) is 32.4. The SMILES string of the molecule is CC(C)(C)C(=O)OCCl.CC(C)(C)C(=O)OCOP(C)(=O)OCOC(=O)C(C)(C)C.COP(C)(=O)OC.[I-].[Na+]. The van der Waals surface area contributed by atoms with E-state index in [1.165, 1.54) is 27.5 Å². The molecule has 0 heterocycles. The second kappa shape index (κ2) is 22.3. The number of hydrogen-bond donors (Lipinski definition) is 0. The second-order valence-corrected chi connectivity index (χ2v) is 15.1. The van der Waals surface area contributed by atoms with Crippen LogP contribution in [0.1, 0.15) is 62.3 Å². The van der Waals surface area contributed by atoms with Gasteiger partial charge in [-0.15, -0.1) is 0 Å². The Morgan fingerprint density at radius 3 is 1.03 bits per heavy atom. The van der Waals surface area contributed by atoms with Gasteiger partial charge in [0.15, 0.2) is 6.07 Å².